The number of hydrogen-bond donors (Lipinski definition) is 0. The smallest absolute Gasteiger partial charge is 0.271 e. The fourth-order valence-corrected chi connectivity index (χ4v) is 3.26. The van der Waals surface area contributed by atoms with Crippen LogP contribution in [0.4, 0.5) is 5.69 Å². The first-order valence-corrected chi connectivity index (χ1v) is 8.54. The van der Waals surface area contributed by atoms with E-state index in [1.165, 1.54) is 40.4 Å². The predicted molar refractivity (Wildman–Crippen MR) is 96.3 cm³/mol. The number of benzene rings is 1. The number of fused-ring (bicyclic) bond motifs is 1. The Hall–Kier alpha value is -3.33. The topological polar surface area (TPSA) is 104 Å². The zero-order valence-electron chi connectivity index (χ0n) is 13.6. The predicted octanol–water partition coefficient (Wildman–Crippen LogP) is 3.38. The molecule has 4 rings (SSSR count). The van der Waals surface area contributed by atoms with Crippen LogP contribution in [0.1, 0.15) is 11.5 Å². The Labute approximate surface area is 150 Å². The molecule has 130 valence electrons. The molecule has 0 saturated heterocycles. The molecule has 1 aromatic carbocycles. The summed E-state index contributed by atoms with van der Waals surface area (Å²) in [5, 5.41) is 13.1. The van der Waals surface area contributed by atoms with Crippen LogP contribution in [0, 0.1) is 17.0 Å². The number of aryl methyl sites for hydroxylation is 1. The molecule has 9 heteroatoms. The standard InChI is InChI=1S/C17H12N4O4S/c1-10-14(19-16(25-10)15-3-2-6-26-15)8-20-9-18-13-7-11(21(23)24)4-5-12(13)17(20)22/h2-7,9H,8H2,1H3. The summed E-state index contributed by atoms with van der Waals surface area (Å²) >= 11 is 1.52. The first-order valence-electron chi connectivity index (χ1n) is 7.66. The molecule has 0 amide bonds. The van der Waals surface area contributed by atoms with Crippen molar-refractivity contribution < 1.29 is 9.34 Å². The molecule has 0 saturated carbocycles. The summed E-state index contributed by atoms with van der Waals surface area (Å²) in [6.45, 7) is 2.00. The van der Waals surface area contributed by atoms with Gasteiger partial charge < -0.3 is 4.42 Å². The summed E-state index contributed by atoms with van der Waals surface area (Å²) in [4.78, 5) is 32.5. The second kappa shape index (κ2) is 6.19. The number of nitro groups is 1. The number of nitrogens with zero attached hydrogens (tertiary/aromatic N) is 4. The molecule has 0 N–H and O–H groups in total. The van der Waals surface area contributed by atoms with E-state index >= 15 is 0 Å². The maximum absolute atomic E-state index is 12.7. The van der Waals surface area contributed by atoms with Crippen molar-refractivity contribution in [3.63, 3.8) is 0 Å². The third-order valence-electron chi connectivity index (χ3n) is 3.96. The van der Waals surface area contributed by atoms with Crippen molar-refractivity contribution >= 4 is 27.9 Å². The first-order chi connectivity index (χ1) is 12.5. The Morgan fingerprint density at radius 1 is 1.35 bits per heavy atom. The normalized spacial score (nSPS) is 11.1. The number of hydrogen-bond acceptors (Lipinski definition) is 7. The summed E-state index contributed by atoms with van der Waals surface area (Å²) in [5.41, 5.74) is 0.537. The highest BCUT2D eigenvalue weighted by Gasteiger charge is 2.15. The number of non-ortho nitro benzene ring substituents is 1. The van der Waals surface area contributed by atoms with Gasteiger partial charge in [0.25, 0.3) is 11.2 Å². The van der Waals surface area contributed by atoms with Crippen molar-refractivity contribution in [3.05, 3.63) is 74.0 Å². The molecule has 8 nitrogen and oxygen atoms in total. The van der Waals surface area contributed by atoms with Crippen molar-refractivity contribution in [1.82, 2.24) is 14.5 Å². The highest BCUT2D eigenvalue weighted by atomic mass is 32.1. The van der Waals surface area contributed by atoms with Crippen molar-refractivity contribution in [3.8, 4) is 10.8 Å². The minimum atomic E-state index is -0.516. The van der Waals surface area contributed by atoms with E-state index in [-0.39, 0.29) is 23.3 Å². The lowest BCUT2D eigenvalue weighted by Crippen LogP contribution is -2.21. The van der Waals surface area contributed by atoms with Crippen molar-refractivity contribution in [2.45, 2.75) is 13.5 Å². The molecule has 0 fully saturated rings. The van der Waals surface area contributed by atoms with E-state index in [4.69, 9.17) is 4.42 Å². The summed E-state index contributed by atoms with van der Waals surface area (Å²) in [6, 6.07) is 7.84. The zero-order chi connectivity index (χ0) is 18.3. The Bertz CT molecular complexity index is 1180. The quantitative estimate of drug-likeness (QED) is 0.404. The van der Waals surface area contributed by atoms with E-state index in [9.17, 15) is 14.9 Å². The van der Waals surface area contributed by atoms with E-state index in [0.29, 0.717) is 22.7 Å². The lowest BCUT2D eigenvalue weighted by atomic mass is 10.2. The molecule has 3 heterocycles. The van der Waals surface area contributed by atoms with Gasteiger partial charge in [-0.05, 0) is 24.4 Å². The van der Waals surface area contributed by atoms with Gasteiger partial charge in [0.1, 0.15) is 11.5 Å². The number of thiophene rings is 1. The Morgan fingerprint density at radius 2 is 2.19 bits per heavy atom. The number of nitro benzene ring substituents is 1. The average molecular weight is 368 g/mol. The van der Waals surface area contributed by atoms with E-state index < -0.39 is 4.92 Å². The largest absolute Gasteiger partial charge is 0.440 e. The lowest BCUT2D eigenvalue weighted by molar-refractivity contribution is -0.384. The van der Waals surface area contributed by atoms with Crippen LogP contribution in [0.3, 0.4) is 0 Å². The van der Waals surface area contributed by atoms with E-state index in [2.05, 4.69) is 9.97 Å². The van der Waals surface area contributed by atoms with Crippen molar-refractivity contribution in [2.24, 2.45) is 0 Å². The van der Waals surface area contributed by atoms with Crippen LogP contribution in [-0.2, 0) is 6.54 Å². The molecule has 0 aliphatic rings. The summed E-state index contributed by atoms with van der Waals surface area (Å²) in [6.07, 6.45) is 1.37. The van der Waals surface area contributed by atoms with Gasteiger partial charge in [0.2, 0.25) is 5.89 Å². The van der Waals surface area contributed by atoms with Gasteiger partial charge in [-0.2, -0.15) is 0 Å². The zero-order valence-corrected chi connectivity index (χ0v) is 14.4. The van der Waals surface area contributed by atoms with Gasteiger partial charge in [0.05, 0.1) is 33.6 Å². The van der Waals surface area contributed by atoms with Crippen LogP contribution < -0.4 is 5.56 Å². The number of oxazole rings is 1. The van der Waals surface area contributed by atoms with Crippen LogP contribution in [0.25, 0.3) is 21.7 Å². The first kappa shape index (κ1) is 16.2. The minimum absolute atomic E-state index is 0.102. The fraction of sp³-hybridized carbons (Fsp3) is 0.118. The molecule has 0 radical (unpaired) electrons. The van der Waals surface area contributed by atoms with Gasteiger partial charge >= 0.3 is 0 Å². The molecule has 0 aliphatic carbocycles. The van der Waals surface area contributed by atoms with E-state index in [1.807, 2.05) is 17.5 Å². The second-order valence-electron chi connectivity index (χ2n) is 5.64. The molecule has 4 aromatic rings. The Kier molecular flexibility index (Phi) is 3.85. The number of rotatable bonds is 4. The van der Waals surface area contributed by atoms with Gasteiger partial charge in [0.15, 0.2) is 0 Å². The monoisotopic (exact) mass is 368 g/mol. The van der Waals surface area contributed by atoms with E-state index in [0.717, 1.165) is 4.88 Å². The van der Waals surface area contributed by atoms with Crippen LogP contribution >= 0.6 is 11.3 Å². The lowest BCUT2D eigenvalue weighted by Gasteiger charge is -2.05. The fourth-order valence-electron chi connectivity index (χ4n) is 2.61. The molecule has 0 spiro atoms. The summed E-state index contributed by atoms with van der Waals surface area (Å²) < 4.78 is 7.10. The van der Waals surface area contributed by atoms with E-state index in [1.54, 1.807) is 6.92 Å². The van der Waals surface area contributed by atoms with Gasteiger partial charge in [-0.15, -0.1) is 11.3 Å². The highest BCUT2D eigenvalue weighted by Crippen LogP contribution is 2.26. The maximum atomic E-state index is 12.7. The Morgan fingerprint density at radius 3 is 2.92 bits per heavy atom. The summed E-state index contributed by atoms with van der Waals surface area (Å²) in [5.74, 6) is 1.15. The van der Waals surface area contributed by atoms with Crippen molar-refractivity contribution in [2.75, 3.05) is 0 Å². The minimum Gasteiger partial charge on any atom is -0.440 e. The van der Waals surface area contributed by atoms with Gasteiger partial charge in [-0.1, -0.05) is 6.07 Å². The van der Waals surface area contributed by atoms with Gasteiger partial charge in [0, 0.05) is 12.1 Å². The molecular formula is C17H12N4O4S. The SMILES string of the molecule is Cc1oc(-c2cccs2)nc1Cn1cnc2cc([N+](=O)[O-])ccc2c1=O. The van der Waals surface area contributed by atoms with Gasteiger partial charge in [-0.3, -0.25) is 19.5 Å². The molecule has 3 aromatic heterocycles. The molecule has 0 atom stereocenters. The molecule has 26 heavy (non-hydrogen) atoms. The van der Waals surface area contributed by atoms with Crippen molar-refractivity contribution in [1.29, 1.82) is 0 Å². The van der Waals surface area contributed by atoms with Crippen LogP contribution in [0.15, 0.2) is 51.3 Å². The highest BCUT2D eigenvalue weighted by molar-refractivity contribution is 7.13. The third kappa shape index (κ3) is 2.78. The average Bonchev–Trinajstić information content (AvgIpc) is 3.27. The number of aromatic nitrogens is 3. The molecule has 0 aliphatic heterocycles. The third-order valence-corrected chi connectivity index (χ3v) is 4.82. The van der Waals surface area contributed by atoms with Gasteiger partial charge in [-0.25, -0.2) is 9.97 Å². The molecule has 0 bridgehead atoms. The maximum Gasteiger partial charge on any atom is 0.271 e. The molecular weight excluding hydrogens is 356 g/mol. The van der Waals surface area contributed by atoms with Crippen LogP contribution in [0.2, 0.25) is 0 Å². The second-order valence-corrected chi connectivity index (χ2v) is 6.58. The summed E-state index contributed by atoms with van der Waals surface area (Å²) in [7, 11) is 0. The van der Waals surface area contributed by atoms with Crippen LogP contribution in [0.5, 0.6) is 0 Å². The van der Waals surface area contributed by atoms with Crippen LogP contribution in [-0.4, -0.2) is 19.5 Å². The molecule has 0 unspecified atom stereocenters. The Balaban J connectivity index is 1.72.